The van der Waals surface area contributed by atoms with E-state index in [1.54, 1.807) is 24.3 Å². The number of rotatable bonds is 2. The van der Waals surface area contributed by atoms with Gasteiger partial charge in [-0.15, -0.1) is 0 Å². The quantitative estimate of drug-likeness (QED) is 0.833. The molecule has 0 unspecified atom stereocenters. The third kappa shape index (κ3) is 1.98. The first-order valence-electron chi connectivity index (χ1n) is 4.69. The van der Waals surface area contributed by atoms with Crippen LogP contribution in [0.5, 0.6) is 0 Å². The first kappa shape index (κ1) is 11.6. The molecule has 0 aromatic heterocycles. The van der Waals surface area contributed by atoms with E-state index in [2.05, 4.69) is 22.0 Å². The maximum Gasteiger partial charge on any atom is 0.243 e. The van der Waals surface area contributed by atoms with Gasteiger partial charge in [-0.1, -0.05) is 15.9 Å². The number of hydrogen-bond donors (Lipinski definition) is 0. The summed E-state index contributed by atoms with van der Waals surface area (Å²) in [4.78, 5) is 0.270. The van der Waals surface area contributed by atoms with Crippen LogP contribution >= 0.6 is 15.9 Å². The minimum absolute atomic E-state index is 0.162. The molecule has 1 fully saturated rings. The van der Waals surface area contributed by atoms with Crippen molar-refractivity contribution in [3.63, 3.8) is 0 Å². The molecule has 0 saturated carbocycles. The Morgan fingerprint density at radius 1 is 1.31 bits per heavy atom. The molecule has 1 heterocycles. The maximum atomic E-state index is 12.0. The molecule has 1 aromatic carbocycles. The van der Waals surface area contributed by atoms with Crippen molar-refractivity contribution in [2.45, 2.75) is 4.90 Å². The van der Waals surface area contributed by atoms with Crippen LogP contribution in [0.3, 0.4) is 0 Å². The summed E-state index contributed by atoms with van der Waals surface area (Å²) >= 11 is 3.25. The molecule has 0 radical (unpaired) electrons. The van der Waals surface area contributed by atoms with Crippen molar-refractivity contribution >= 4 is 26.0 Å². The second-order valence-corrected chi connectivity index (χ2v) is 6.46. The van der Waals surface area contributed by atoms with Crippen molar-refractivity contribution < 1.29 is 8.42 Å². The van der Waals surface area contributed by atoms with Crippen LogP contribution in [0, 0.1) is 17.2 Å². The Kier molecular flexibility index (Phi) is 3.02. The Bertz CT molecular complexity index is 527. The van der Waals surface area contributed by atoms with Crippen LogP contribution in [0.15, 0.2) is 33.6 Å². The van der Waals surface area contributed by atoms with Crippen LogP contribution in [-0.2, 0) is 10.0 Å². The van der Waals surface area contributed by atoms with Crippen molar-refractivity contribution in [2.24, 2.45) is 5.92 Å². The van der Waals surface area contributed by atoms with Gasteiger partial charge in [0.05, 0.1) is 16.9 Å². The van der Waals surface area contributed by atoms with E-state index in [-0.39, 0.29) is 10.8 Å². The van der Waals surface area contributed by atoms with E-state index in [9.17, 15) is 8.42 Å². The van der Waals surface area contributed by atoms with Crippen LogP contribution < -0.4 is 0 Å². The second-order valence-electron chi connectivity index (χ2n) is 3.60. The highest BCUT2D eigenvalue weighted by molar-refractivity contribution is 9.10. The predicted octanol–water partition coefficient (Wildman–Crippen LogP) is 1.59. The smallest absolute Gasteiger partial charge is 0.207 e. The second kappa shape index (κ2) is 4.17. The molecule has 0 atom stereocenters. The van der Waals surface area contributed by atoms with E-state index in [1.807, 2.05) is 0 Å². The number of hydrogen-bond acceptors (Lipinski definition) is 3. The highest BCUT2D eigenvalue weighted by Crippen LogP contribution is 2.25. The summed E-state index contributed by atoms with van der Waals surface area (Å²) in [6.07, 6.45) is 0. The van der Waals surface area contributed by atoms with Gasteiger partial charge >= 0.3 is 0 Å². The van der Waals surface area contributed by atoms with E-state index in [0.717, 1.165) is 4.47 Å². The lowest BCUT2D eigenvalue weighted by atomic mass is 10.1. The summed E-state index contributed by atoms with van der Waals surface area (Å²) in [6, 6.07) is 8.54. The fraction of sp³-hybridized carbons (Fsp3) is 0.300. The van der Waals surface area contributed by atoms with Crippen LogP contribution in [0.1, 0.15) is 0 Å². The number of nitrogens with zero attached hydrogens (tertiary/aromatic N) is 2. The van der Waals surface area contributed by atoms with Gasteiger partial charge in [-0.3, -0.25) is 0 Å². The fourth-order valence-electron chi connectivity index (χ4n) is 1.47. The number of nitriles is 1. The maximum absolute atomic E-state index is 12.0. The van der Waals surface area contributed by atoms with Gasteiger partial charge in [0.15, 0.2) is 0 Å². The average molecular weight is 301 g/mol. The molecule has 1 aliphatic heterocycles. The SMILES string of the molecule is N#CC1CN(S(=O)(=O)c2ccc(Br)cc2)C1. The third-order valence-corrected chi connectivity index (χ3v) is 4.86. The predicted molar refractivity (Wildman–Crippen MR) is 62.0 cm³/mol. The third-order valence-electron chi connectivity index (χ3n) is 2.48. The van der Waals surface area contributed by atoms with Gasteiger partial charge in [-0.25, -0.2) is 8.42 Å². The molecule has 16 heavy (non-hydrogen) atoms. The van der Waals surface area contributed by atoms with E-state index >= 15 is 0 Å². The number of sulfonamides is 1. The zero-order chi connectivity index (χ0) is 11.8. The van der Waals surface area contributed by atoms with Crippen molar-refractivity contribution in [3.8, 4) is 6.07 Å². The monoisotopic (exact) mass is 300 g/mol. The highest BCUT2D eigenvalue weighted by Gasteiger charge is 2.36. The molecular formula is C10H9BrN2O2S. The molecule has 4 nitrogen and oxygen atoms in total. The Balaban J connectivity index is 2.21. The zero-order valence-electron chi connectivity index (χ0n) is 8.30. The average Bonchev–Trinajstić information content (AvgIpc) is 2.16. The summed E-state index contributed by atoms with van der Waals surface area (Å²) in [5.74, 6) is -0.162. The molecular weight excluding hydrogens is 292 g/mol. The molecule has 0 aliphatic carbocycles. The summed E-state index contributed by atoms with van der Waals surface area (Å²) < 4.78 is 26.1. The molecule has 2 rings (SSSR count). The fourth-order valence-corrected chi connectivity index (χ4v) is 3.27. The number of benzene rings is 1. The lowest BCUT2D eigenvalue weighted by molar-refractivity contribution is 0.248. The van der Waals surface area contributed by atoms with Gasteiger partial charge in [-0.05, 0) is 24.3 Å². The molecule has 84 valence electrons. The molecule has 6 heteroatoms. The van der Waals surface area contributed by atoms with E-state index in [0.29, 0.717) is 13.1 Å². The van der Waals surface area contributed by atoms with Crippen molar-refractivity contribution in [1.82, 2.24) is 4.31 Å². The Morgan fingerprint density at radius 3 is 2.38 bits per heavy atom. The minimum atomic E-state index is -3.40. The van der Waals surface area contributed by atoms with Crippen LogP contribution in [0.25, 0.3) is 0 Å². The Hall–Kier alpha value is -0.900. The molecule has 1 aliphatic rings. The largest absolute Gasteiger partial charge is 0.243 e. The zero-order valence-corrected chi connectivity index (χ0v) is 10.7. The molecule has 1 aromatic rings. The van der Waals surface area contributed by atoms with Gasteiger partial charge in [0.1, 0.15) is 0 Å². The van der Waals surface area contributed by atoms with Crippen molar-refractivity contribution in [2.75, 3.05) is 13.1 Å². The van der Waals surface area contributed by atoms with E-state index < -0.39 is 10.0 Å². The van der Waals surface area contributed by atoms with Gasteiger partial charge in [0.2, 0.25) is 10.0 Å². The van der Waals surface area contributed by atoms with Crippen LogP contribution in [0.4, 0.5) is 0 Å². The highest BCUT2D eigenvalue weighted by atomic mass is 79.9. The Labute approximate surface area is 103 Å². The summed E-state index contributed by atoms with van der Waals surface area (Å²) in [5.41, 5.74) is 0. The lowest BCUT2D eigenvalue weighted by Crippen LogP contribution is -2.49. The van der Waals surface area contributed by atoms with E-state index in [4.69, 9.17) is 5.26 Å². The molecule has 1 saturated heterocycles. The van der Waals surface area contributed by atoms with Crippen LogP contribution in [0.2, 0.25) is 0 Å². The summed E-state index contributed by atoms with van der Waals surface area (Å²) in [5, 5.41) is 8.60. The molecule has 0 bridgehead atoms. The molecule has 0 spiro atoms. The standard InChI is InChI=1S/C10H9BrN2O2S/c11-9-1-3-10(4-2-9)16(14,15)13-6-8(5-12)7-13/h1-4,8H,6-7H2. The van der Waals surface area contributed by atoms with Gasteiger partial charge in [0.25, 0.3) is 0 Å². The van der Waals surface area contributed by atoms with Gasteiger partial charge < -0.3 is 0 Å². The topological polar surface area (TPSA) is 61.2 Å². The van der Waals surface area contributed by atoms with E-state index in [1.165, 1.54) is 4.31 Å². The Morgan fingerprint density at radius 2 is 1.88 bits per heavy atom. The lowest BCUT2D eigenvalue weighted by Gasteiger charge is -2.33. The van der Waals surface area contributed by atoms with Crippen LogP contribution in [-0.4, -0.2) is 25.8 Å². The molecule has 0 amide bonds. The van der Waals surface area contributed by atoms with Crippen molar-refractivity contribution in [1.29, 1.82) is 5.26 Å². The van der Waals surface area contributed by atoms with Gasteiger partial charge in [0, 0.05) is 17.6 Å². The minimum Gasteiger partial charge on any atom is -0.207 e. The van der Waals surface area contributed by atoms with Crippen molar-refractivity contribution in [3.05, 3.63) is 28.7 Å². The first-order valence-corrected chi connectivity index (χ1v) is 6.92. The normalized spacial score (nSPS) is 17.8. The summed E-state index contributed by atoms with van der Waals surface area (Å²) in [6.45, 7) is 0.601. The molecule has 0 N–H and O–H groups in total. The van der Waals surface area contributed by atoms with Gasteiger partial charge in [-0.2, -0.15) is 9.57 Å². The first-order chi connectivity index (χ1) is 7.54. The number of halogens is 1. The summed E-state index contributed by atoms with van der Waals surface area (Å²) in [7, 11) is -3.40.